The van der Waals surface area contributed by atoms with Gasteiger partial charge in [0.05, 0.1) is 16.7 Å². The Kier molecular flexibility index (Phi) is 3.60. The van der Waals surface area contributed by atoms with Gasteiger partial charge < -0.3 is 10.2 Å². The van der Waals surface area contributed by atoms with Crippen LogP contribution in [0, 0.1) is 6.92 Å². The van der Waals surface area contributed by atoms with E-state index in [4.69, 9.17) is 0 Å². The predicted octanol–water partition coefficient (Wildman–Crippen LogP) is 2.45. The van der Waals surface area contributed by atoms with Crippen molar-refractivity contribution in [2.24, 2.45) is 0 Å². The van der Waals surface area contributed by atoms with Gasteiger partial charge in [0, 0.05) is 13.1 Å². The molecule has 1 aromatic carbocycles. The molecule has 2 aromatic rings. The van der Waals surface area contributed by atoms with E-state index in [1.807, 2.05) is 31.2 Å². The molecule has 0 radical (unpaired) electrons. The molecular weight excluding hydrogens is 236 g/mol. The number of fused-ring (bicyclic) bond motifs is 1. The number of nitrogens with one attached hydrogen (secondary N) is 1. The second kappa shape index (κ2) is 5.53. The second-order valence-corrected chi connectivity index (χ2v) is 5.12. The van der Waals surface area contributed by atoms with E-state index >= 15 is 0 Å². The number of likely N-dealkylation sites (tertiary alicyclic amines) is 1. The Morgan fingerprint density at radius 2 is 1.79 bits per heavy atom. The molecule has 100 valence electrons. The minimum atomic E-state index is 0.915. The Labute approximate surface area is 113 Å². The molecule has 4 nitrogen and oxygen atoms in total. The van der Waals surface area contributed by atoms with Gasteiger partial charge in [0.25, 0.3) is 0 Å². The van der Waals surface area contributed by atoms with E-state index < -0.39 is 0 Å². The summed E-state index contributed by atoms with van der Waals surface area (Å²) < 4.78 is 0. The molecule has 1 aliphatic heterocycles. The van der Waals surface area contributed by atoms with Gasteiger partial charge in [-0.1, -0.05) is 12.1 Å². The molecule has 0 amide bonds. The van der Waals surface area contributed by atoms with Gasteiger partial charge in [0.1, 0.15) is 5.82 Å². The number of aryl methyl sites for hydroxylation is 1. The Balaban J connectivity index is 1.67. The quantitative estimate of drug-likeness (QED) is 0.912. The minimum absolute atomic E-state index is 0.915. The van der Waals surface area contributed by atoms with Gasteiger partial charge in [-0.3, -0.25) is 0 Å². The number of aromatic nitrogens is 2. The predicted molar refractivity (Wildman–Crippen MR) is 78.4 cm³/mol. The summed E-state index contributed by atoms with van der Waals surface area (Å²) in [7, 11) is 0. The van der Waals surface area contributed by atoms with Crippen LogP contribution in [0.5, 0.6) is 0 Å². The lowest BCUT2D eigenvalue weighted by molar-refractivity contribution is 0.352. The molecule has 0 saturated carbocycles. The molecule has 0 atom stereocenters. The maximum absolute atomic E-state index is 4.65. The SMILES string of the molecule is Cc1nc2ccccc2nc1NCCN1CCCC1. The van der Waals surface area contributed by atoms with Crippen molar-refractivity contribution < 1.29 is 0 Å². The number of nitrogens with zero attached hydrogens (tertiary/aromatic N) is 3. The molecule has 1 N–H and O–H groups in total. The molecule has 2 heterocycles. The highest BCUT2D eigenvalue weighted by atomic mass is 15.2. The number of rotatable bonds is 4. The van der Waals surface area contributed by atoms with Crippen LogP contribution in [-0.2, 0) is 0 Å². The maximum atomic E-state index is 4.65. The van der Waals surface area contributed by atoms with Gasteiger partial charge >= 0.3 is 0 Å². The number of anilines is 1. The van der Waals surface area contributed by atoms with E-state index in [1.54, 1.807) is 0 Å². The standard InChI is InChI=1S/C15H20N4/c1-12-15(16-8-11-19-9-4-5-10-19)18-14-7-3-2-6-13(14)17-12/h2-3,6-7H,4-5,8-11H2,1H3,(H,16,18). The van der Waals surface area contributed by atoms with Crippen LogP contribution >= 0.6 is 0 Å². The summed E-state index contributed by atoms with van der Waals surface area (Å²) >= 11 is 0. The fraction of sp³-hybridized carbons (Fsp3) is 0.467. The first-order valence-corrected chi connectivity index (χ1v) is 7.02. The number of hydrogen-bond acceptors (Lipinski definition) is 4. The third kappa shape index (κ3) is 2.84. The normalized spacial score (nSPS) is 16.1. The average molecular weight is 256 g/mol. The minimum Gasteiger partial charge on any atom is -0.367 e. The number of para-hydroxylation sites is 2. The van der Waals surface area contributed by atoms with Gasteiger partial charge in [-0.15, -0.1) is 0 Å². The van der Waals surface area contributed by atoms with E-state index in [2.05, 4.69) is 20.2 Å². The van der Waals surface area contributed by atoms with Crippen LogP contribution in [0.25, 0.3) is 11.0 Å². The Morgan fingerprint density at radius 1 is 1.11 bits per heavy atom. The summed E-state index contributed by atoms with van der Waals surface area (Å²) in [6.45, 7) is 6.52. The highest BCUT2D eigenvalue weighted by Gasteiger charge is 2.11. The summed E-state index contributed by atoms with van der Waals surface area (Å²) in [5.41, 5.74) is 2.89. The van der Waals surface area contributed by atoms with Crippen molar-refractivity contribution in [3.63, 3.8) is 0 Å². The maximum Gasteiger partial charge on any atom is 0.148 e. The average Bonchev–Trinajstić information content (AvgIpc) is 2.92. The van der Waals surface area contributed by atoms with Crippen molar-refractivity contribution in [2.75, 3.05) is 31.5 Å². The van der Waals surface area contributed by atoms with Crippen LogP contribution in [0.3, 0.4) is 0 Å². The first kappa shape index (κ1) is 12.4. The largest absolute Gasteiger partial charge is 0.367 e. The van der Waals surface area contributed by atoms with E-state index in [0.717, 1.165) is 35.6 Å². The molecule has 1 aromatic heterocycles. The summed E-state index contributed by atoms with van der Waals surface area (Å²) in [5, 5.41) is 3.42. The Hall–Kier alpha value is -1.68. The van der Waals surface area contributed by atoms with Gasteiger partial charge in [-0.05, 0) is 45.0 Å². The molecule has 0 unspecified atom stereocenters. The highest BCUT2D eigenvalue weighted by molar-refractivity contribution is 5.76. The van der Waals surface area contributed by atoms with Crippen molar-refractivity contribution in [1.82, 2.24) is 14.9 Å². The fourth-order valence-corrected chi connectivity index (χ4v) is 2.59. The van der Waals surface area contributed by atoms with E-state index in [-0.39, 0.29) is 0 Å². The lowest BCUT2D eigenvalue weighted by Gasteiger charge is -2.15. The number of hydrogen-bond donors (Lipinski definition) is 1. The topological polar surface area (TPSA) is 41.1 Å². The van der Waals surface area contributed by atoms with Gasteiger partial charge in [0.15, 0.2) is 0 Å². The summed E-state index contributed by atoms with van der Waals surface area (Å²) in [5.74, 6) is 0.915. The molecule has 4 heteroatoms. The van der Waals surface area contributed by atoms with Crippen LogP contribution in [0.1, 0.15) is 18.5 Å². The van der Waals surface area contributed by atoms with Crippen LogP contribution in [0.2, 0.25) is 0 Å². The lowest BCUT2D eigenvalue weighted by Crippen LogP contribution is -2.26. The van der Waals surface area contributed by atoms with E-state index in [9.17, 15) is 0 Å². The third-order valence-corrected chi connectivity index (χ3v) is 3.66. The van der Waals surface area contributed by atoms with Crippen molar-refractivity contribution in [3.8, 4) is 0 Å². The molecule has 1 aliphatic rings. The molecule has 0 bridgehead atoms. The zero-order valence-electron chi connectivity index (χ0n) is 11.4. The van der Waals surface area contributed by atoms with Crippen LogP contribution in [-0.4, -0.2) is 41.0 Å². The summed E-state index contributed by atoms with van der Waals surface area (Å²) in [4.78, 5) is 11.7. The lowest BCUT2D eigenvalue weighted by atomic mass is 10.3. The zero-order valence-corrected chi connectivity index (χ0v) is 11.4. The fourth-order valence-electron chi connectivity index (χ4n) is 2.59. The smallest absolute Gasteiger partial charge is 0.148 e. The van der Waals surface area contributed by atoms with Crippen molar-refractivity contribution >= 4 is 16.9 Å². The van der Waals surface area contributed by atoms with Gasteiger partial charge in [-0.25, -0.2) is 9.97 Å². The van der Waals surface area contributed by atoms with Gasteiger partial charge in [0.2, 0.25) is 0 Å². The van der Waals surface area contributed by atoms with Crippen molar-refractivity contribution in [3.05, 3.63) is 30.0 Å². The highest BCUT2D eigenvalue weighted by Crippen LogP contribution is 2.15. The summed E-state index contributed by atoms with van der Waals surface area (Å²) in [6, 6.07) is 8.01. The zero-order chi connectivity index (χ0) is 13.1. The Bertz CT molecular complexity index is 561. The third-order valence-electron chi connectivity index (χ3n) is 3.66. The molecule has 1 fully saturated rings. The van der Waals surface area contributed by atoms with Crippen molar-refractivity contribution in [2.45, 2.75) is 19.8 Å². The monoisotopic (exact) mass is 256 g/mol. The first-order chi connectivity index (χ1) is 9.33. The molecular formula is C15H20N4. The second-order valence-electron chi connectivity index (χ2n) is 5.12. The van der Waals surface area contributed by atoms with Crippen LogP contribution < -0.4 is 5.32 Å². The van der Waals surface area contributed by atoms with Crippen LogP contribution in [0.15, 0.2) is 24.3 Å². The van der Waals surface area contributed by atoms with Gasteiger partial charge in [-0.2, -0.15) is 0 Å². The van der Waals surface area contributed by atoms with Crippen LogP contribution in [0.4, 0.5) is 5.82 Å². The summed E-state index contributed by atoms with van der Waals surface area (Å²) in [6.07, 6.45) is 2.68. The first-order valence-electron chi connectivity index (χ1n) is 7.02. The van der Waals surface area contributed by atoms with Crippen molar-refractivity contribution in [1.29, 1.82) is 0 Å². The molecule has 1 saturated heterocycles. The molecule has 3 rings (SSSR count). The Morgan fingerprint density at radius 3 is 2.53 bits per heavy atom. The molecule has 0 spiro atoms. The molecule has 19 heavy (non-hydrogen) atoms. The van der Waals surface area contributed by atoms with E-state index in [0.29, 0.717) is 0 Å². The van der Waals surface area contributed by atoms with E-state index in [1.165, 1.54) is 25.9 Å². The number of benzene rings is 1. The molecule has 0 aliphatic carbocycles.